The third kappa shape index (κ3) is 7.44. The monoisotopic (exact) mass is 613 g/mol. The Hall–Kier alpha value is -2.81. The van der Waals surface area contributed by atoms with Crippen LogP contribution in [0.2, 0.25) is 4.71 Å². The van der Waals surface area contributed by atoms with Crippen LogP contribution in [0, 0.1) is 31.4 Å². The number of carboxylic acid groups (broad SMARTS) is 1. The van der Waals surface area contributed by atoms with Crippen molar-refractivity contribution in [3.05, 3.63) is 88.2 Å². The number of aryl methyl sites for hydroxylation is 3. The molecule has 4 aromatic rings. The van der Waals surface area contributed by atoms with Crippen LogP contribution >= 0.6 is 11.8 Å². The molecule has 0 saturated heterocycles. The van der Waals surface area contributed by atoms with Gasteiger partial charge in [0.25, 0.3) is 0 Å². The first-order valence-corrected chi connectivity index (χ1v) is 14.6. The van der Waals surface area contributed by atoms with Crippen LogP contribution < -0.4 is 5.32 Å². The number of halogens is 2. The molecule has 3 atom stereocenters. The quantitative estimate of drug-likeness (QED) is 0.176. The number of aromatic nitrogens is 4. The van der Waals surface area contributed by atoms with Gasteiger partial charge >= 0.3 is 240 Å². The number of aliphatic carboxylic acids is 1. The van der Waals surface area contributed by atoms with Gasteiger partial charge in [0.1, 0.15) is 0 Å². The summed E-state index contributed by atoms with van der Waals surface area (Å²) in [5.74, 6) is -2.35. The van der Waals surface area contributed by atoms with E-state index in [1.54, 1.807) is 4.40 Å². The fraction of sp³-hybridized carbons (Fsp3) is 0.357. The van der Waals surface area contributed by atoms with Crippen LogP contribution in [0.4, 0.5) is 8.78 Å². The fourth-order valence-electron chi connectivity index (χ4n) is 4.62. The Balaban J connectivity index is 1.61. The first-order chi connectivity index (χ1) is 18.6. The minimum atomic E-state index is -1.00. The molecule has 39 heavy (non-hydrogen) atoms. The summed E-state index contributed by atoms with van der Waals surface area (Å²) >= 11 is 3.61. The molecule has 2 heterocycles. The number of benzene rings is 2. The van der Waals surface area contributed by atoms with Crippen molar-refractivity contribution in [1.29, 1.82) is 0 Å². The van der Waals surface area contributed by atoms with Crippen molar-refractivity contribution in [2.45, 2.75) is 55.3 Å². The Morgan fingerprint density at radius 3 is 2.49 bits per heavy atom. The van der Waals surface area contributed by atoms with E-state index in [1.807, 2.05) is 32.0 Å². The maximum absolute atomic E-state index is 13.9. The number of carbonyl (C=O) groups is 1. The normalized spacial score (nSPS) is 13.9. The van der Waals surface area contributed by atoms with Crippen molar-refractivity contribution < 1.29 is 18.7 Å². The van der Waals surface area contributed by atoms with E-state index in [0.717, 1.165) is 41.2 Å². The van der Waals surface area contributed by atoms with E-state index >= 15 is 0 Å². The molecule has 4 rings (SSSR count). The van der Waals surface area contributed by atoms with Gasteiger partial charge < -0.3 is 0 Å². The van der Waals surface area contributed by atoms with Crippen LogP contribution in [0.1, 0.15) is 35.0 Å². The van der Waals surface area contributed by atoms with Crippen LogP contribution in [0.25, 0.3) is 5.78 Å². The van der Waals surface area contributed by atoms with Crippen LogP contribution in [-0.2, 0) is 24.2 Å². The molecule has 0 spiro atoms. The molecule has 0 saturated carbocycles. The predicted octanol–water partition coefficient (Wildman–Crippen LogP) is 4.73. The van der Waals surface area contributed by atoms with Crippen molar-refractivity contribution in [3.8, 4) is 0 Å². The number of thioether (sulfide) groups is 1. The zero-order chi connectivity index (χ0) is 28.1. The zero-order valence-electron chi connectivity index (χ0n) is 21.9. The molecular weight excluding hydrogens is 583 g/mol. The Labute approximate surface area is 239 Å². The van der Waals surface area contributed by atoms with Crippen molar-refractivity contribution in [2.75, 3.05) is 6.54 Å². The minimum absolute atomic E-state index is 0.289. The van der Waals surface area contributed by atoms with Gasteiger partial charge in [-0.15, -0.1) is 0 Å². The molecule has 2 aromatic carbocycles. The molecule has 0 aliphatic heterocycles. The average Bonchev–Trinajstić information content (AvgIpc) is 3.27. The molecule has 0 amide bonds. The van der Waals surface area contributed by atoms with Crippen molar-refractivity contribution in [1.82, 2.24) is 24.9 Å². The summed E-state index contributed by atoms with van der Waals surface area (Å²) in [6.45, 7) is 6.78. The number of carboxylic acids is 1. The Morgan fingerprint density at radius 1 is 1.08 bits per heavy atom. The number of hydrogen-bond acceptors (Lipinski definition) is 6. The summed E-state index contributed by atoms with van der Waals surface area (Å²) in [7, 11) is 0. The van der Waals surface area contributed by atoms with E-state index in [1.165, 1.54) is 17.7 Å². The average molecular weight is 614 g/mol. The first kappa shape index (κ1) is 29.2. The number of fused-ring (bicyclic) bond motifs is 1. The van der Waals surface area contributed by atoms with E-state index in [2.05, 4.69) is 56.4 Å². The SMILES string of the molecule is CCc1cccc(CNC[C@H](C(Sc2nnc3nc(C)cc(C)n23)C(=O)O)[C@@H]([As])Cc2cc(F)cc(F)c2)c1. The molecule has 0 fully saturated rings. The molecular formula is C28H30AsF2N5O2S. The van der Waals surface area contributed by atoms with E-state index in [9.17, 15) is 18.7 Å². The molecule has 2 radical (unpaired) electrons. The number of nitrogens with one attached hydrogen (secondary N) is 1. The van der Waals surface area contributed by atoms with E-state index in [0.29, 0.717) is 29.6 Å². The van der Waals surface area contributed by atoms with Gasteiger partial charge in [0.2, 0.25) is 0 Å². The van der Waals surface area contributed by atoms with E-state index in [4.69, 9.17) is 0 Å². The summed E-state index contributed by atoms with van der Waals surface area (Å²) < 4.78 is 29.3. The van der Waals surface area contributed by atoms with Gasteiger partial charge in [-0.3, -0.25) is 0 Å². The van der Waals surface area contributed by atoms with Gasteiger partial charge in [0.15, 0.2) is 0 Å². The van der Waals surface area contributed by atoms with Crippen LogP contribution in [0.3, 0.4) is 0 Å². The second kappa shape index (κ2) is 13.0. The Morgan fingerprint density at radius 2 is 1.79 bits per heavy atom. The summed E-state index contributed by atoms with van der Waals surface area (Å²) in [6, 6.07) is 13.5. The van der Waals surface area contributed by atoms with Gasteiger partial charge in [-0.2, -0.15) is 0 Å². The van der Waals surface area contributed by atoms with Gasteiger partial charge in [-0.05, 0) is 0 Å². The molecule has 2 aromatic heterocycles. The standard InChI is InChI=1S/C28H30AsF2N5O2S/c1-4-18-6-5-7-19(9-18)14-32-15-23(24(29)12-20-10-21(30)13-22(31)11-20)25(26(37)38)39-28-35-34-27-33-16(2)8-17(3)36(27)28/h5-11,13,23-25,32H,4,12,14-15H2,1-3H3,(H,37,38)/t23-,24-,25?/m0/s1. The van der Waals surface area contributed by atoms with Gasteiger partial charge in [0, 0.05) is 0 Å². The molecule has 0 bridgehead atoms. The van der Waals surface area contributed by atoms with E-state index < -0.39 is 28.8 Å². The topological polar surface area (TPSA) is 92.4 Å². The van der Waals surface area contributed by atoms with Crippen LogP contribution in [0.15, 0.2) is 53.7 Å². The van der Waals surface area contributed by atoms with Crippen molar-refractivity contribution >= 4 is 40.4 Å². The number of nitrogens with zero attached hydrogens (tertiary/aromatic N) is 4. The summed E-state index contributed by atoms with van der Waals surface area (Å²) in [6.07, 6.45) is 1.21. The van der Waals surface area contributed by atoms with Gasteiger partial charge in [-0.25, -0.2) is 0 Å². The second-order valence-corrected chi connectivity index (χ2v) is 12.1. The fourth-order valence-corrected chi connectivity index (χ4v) is 7.11. The maximum atomic E-state index is 13.9. The van der Waals surface area contributed by atoms with E-state index in [-0.39, 0.29) is 11.1 Å². The van der Waals surface area contributed by atoms with Crippen molar-refractivity contribution in [2.24, 2.45) is 5.92 Å². The predicted molar refractivity (Wildman–Crippen MR) is 148 cm³/mol. The molecule has 204 valence electrons. The van der Waals surface area contributed by atoms with Crippen molar-refractivity contribution in [3.63, 3.8) is 0 Å². The number of rotatable bonds is 12. The third-order valence-electron chi connectivity index (χ3n) is 6.50. The summed E-state index contributed by atoms with van der Waals surface area (Å²) in [5, 5.41) is 21.7. The molecule has 7 nitrogen and oxygen atoms in total. The van der Waals surface area contributed by atoms with Gasteiger partial charge in [0.05, 0.1) is 0 Å². The van der Waals surface area contributed by atoms with Crippen LogP contribution in [-0.4, -0.2) is 59.3 Å². The third-order valence-corrected chi connectivity index (χ3v) is 8.96. The molecule has 0 aliphatic rings. The molecule has 0 aliphatic carbocycles. The van der Waals surface area contributed by atoms with Gasteiger partial charge in [-0.1, -0.05) is 0 Å². The summed E-state index contributed by atoms with van der Waals surface area (Å²) in [5.41, 5.74) is 4.43. The molecule has 2 N–H and O–H groups in total. The van der Waals surface area contributed by atoms with Crippen LogP contribution in [0.5, 0.6) is 0 Å². The Kier molecular flexibility index (Phi) is 9.75. The number of hydrogen-bond donors (Lipinski definition) is 2. The summed E-state index contributed by atoms with van der Waals surface area (Å²) in [4.78, 5) is 17.1. The zero-order valence-corrected chi connectivity index (χ0v) is 24.6. The Bertz CT molecular complexity index is 1450. The molecule has 11 heteroatoms. The first-order valence-electron chi connectivity index (χ1n) is 12.6. The molecule has 1 unspecified atom stereocenters. The second-order valence-electron chi connectivity index (χ2n) is 9.55.